The van der Waals surface area contributed by atoms with Crippen LogP contribution in [0, 0.1) is 19.8 Å². The Morgan fingerprint density at radius 2 is 2.17 bits per heavy atom. The highest BCUT2D eigenvalue weighted by Crippen LogP contribution is 2.19. The van der Waals surface area contributed by atoms with E-state index in [1.807, 2.05) is 30.9 Å². The third kappa shape index (κ3) is 4.64. The number of hydrogen-bond acceptors (Lipinski definition) is 5. The molecule has 7 heteroatoms. The Balaban J connectivity index is 1.37. The van der Waals surface area contributed by atoms with E-state index in [1.54, 1.807) is 11.3 Å². The fourth-order valence-corrected chi connectivity index (χ4v) is 3.69. The summed E-state index contributed by atoms with van der Waals surface area (Å²) in [5.74, 6) is 0.320. The molecular weight excluding hydrogens is 322 g/mol. The Morgan fingerprint density at radius 3 is 2.79 bits per heavy atom. The lowest BCUT2D eigenvalue weighted by atomic mass is 9.96. The van der Waals surface area contributed by atoms with E-state index in [4.69, 9.17) is 0 Å². The van der Waals surface area contributed by atoms with E-state index in [0.29, 0.717) is 6.54 Å². The van der Waals surface area contributed by atoms with E-state index in [0.717, 1.165) is 55.3 Å². The molecule has 1 amide bonds. The molecule has 1 aliphatic rings. The first-order chi connectivity index (χ1) is 11.6. The van der Waals surface area contributed by atoms with Gasteiger partial charge < -0.3 is 5.32 Å². The van der Waals surface area contributed by atoms with E-state index in [1.165, 1.54) is 0 Å². The van der Waals surface area contributed by atoms with Crippen molar-refractivity contribution in [2.45, 2.75) is 39.8 Å². The maximum Gasteiger partial charge on any atom is 0.223 e. The predicted molar refractivity (Wildman–Crippen MR) is 94.8 cm³/mol. The number of hydrogen-bond donors (Lipinski definition) is 1. The summed E-state index contributed by atoms with van der Waals surface area (Å²) < 4.78 is 1.87. The summed E-state index contributed by atoms with van der Waals surface area (Å²) >= 11 is 1.70. The number of likely N-dealkylation sites (tertiary alicyclic amines) is 1. The molecule has 1 N–H and O–H groups in total. The molecule has 0 spiro atoms. The van der Waals surface area contributed by atoms with Crippen LogP contribution in [0.5, 0.6) is 0 Å². The minimum Gasteiger partial charge on any atom is -0.354 e. The van der Waals surface area contributed by atoms with Crippen molar-refractivity contribution in [3.63, 3.8) is 0 Å². The number of carbonyl (C=O) groups is 1. The van der Waals surface area contributed by atoms with Crippen LogP contribution in [0.25, 0.3) is 0 Å². The molecule has 1 fully saturated rings. The van der Waals surface area contributed by atoms with Gasteiger partial charge in [0.2, 0.25) is 5.91 Å². The van der Waals surface area contributed by atoms with Crippen molar-refractivity contribution >= 4 is 17.2 Å². The molecular formula is C17H25N5OS. The van der Waals surface area contributed by atoms with Crippen LogP contribution in [0.15, 0.2) is 17.8 Å². The van der Waals surface area contributed by atoms with Gasteiger partial charge in [-0.05, 0) is 45.3 Å². The minimum absolute atomic E-state index is 0.137. The lowest BCUT2D eigenvalue weighted by Gasteiger charge is -2.30. The van der Waals surface area contributed by atoms with Crippen molar-refractivity contribution < 1.29 is 4.79 Å². The fourth-order valence-electron chi connectivity index (χ4n) is 3.09. The van der Waals surface area contributed by atoms with Crippen LogP contribution in [-0.2, 0) is 17.9 Å². The molecule has 24 heavy (non-hydrogen) atoms. The Morgan fingerprint density at radius 1 is 1.38 bits per heavy atom. The van der Waals surface area contributed by atoms with E-state index >= 15 is 0 Å². The molecule has 0 unspecified atom stereocenters. The van der Waals surface area contributed by atoms with Gasteiger partial charge in [0.05, 0.1) is 23.4 Å². The molecule has 1 saturated heterocycles. The molecule has 6 nitrogen and oxygen atoms in total. The third-order valence-electron chi connectivity index (χ3n) is 4.41. The number of aryl methyl sites for hydroxylation is 2. The molecule has 2 aromatic rings. The van der Waals surface area contributed by atoms with Crippen LogP contribution in [-0.4, -0.2) is 45.2 Å². The molecule has 0 saturated carbocycles. The van der Waals surface area contributed by atoms with Crippen molar-refractivity contribution in [1.82, 2.24) is 25.0 Å². The van der Waals surface area contributed by atoms with Crippen LogP contribution in [0.4, 0.5) is 0 Å². The SMILES string of the molecule is Cc1cnn(CCNC(=O)C2CCN(Cc3csc(C)n3)CC2)c1. The summed E-state index contributed by atoms with van der Waals surface area (Å²) in [4.78, 5) is 19.2. The second-order valence-corrected chi connectivity index (χ2v) is 7.54. The van der Waals surface area contributed by atoms with Gasteiger partial charge in [0, 0.05) is 30.6 Å². The highest BCUT2D eigenvalue weighted by Gasteiger charge is 2.25. The van der Waals surface area contributed by atoms with Crippen LogP contribution >= 0.6 is 11.3 Å². The fraction of sp³-hybridized carbons (Fsp3) is 0.588. The first-order valence-electron chi connectivity index (χ1n) is 8.50. The van der Waals surface area contributed by atoms with Crippen molar-refractivity contribution in [2.75, 3.05) is 19.6 Å². The molecule has 0 radical (unpaired) electrons. The van der Waals surface area contributed by atoms with Gasteiger partial charge in [-0.2, -0.15) is 5.10 Å². The normalized spacial score (nSPS) is 16.4. The molecule has 0 bridgehead atoms. The Labute approximate surface area is 146 Å². The van der Waals surface area contributed by atoms with Gasteiger partial charge in [-0.1, -0.05) is 0 Å². The second kappa shape index (κ2) is 7.90. The van der Waals surface area contributed by atoms with Crippen LogP contribution in [0.2, 0.25) is 0 Å². The largest absolute Gasteiger partial charge is 0.354 e. The summed E-state index contributed by atoms with van der Waals surface area (Å²) in [7, 11) is 0. The number of nitrogens with zero attached hydrogens (tertiary/aromatic N) is 4. The van der Waals surface area contributed by atoms with E-state index in [-0.39, 0.29) is 11.8 Å². The molecule has 0 atom stereocenters. The zero-order valence-electron chi connectivity index (χ0n) is 14.4. The zero-order chi connectivity index (χ0) is 16.9. The van der Waals surface area contributed by atoms with Gasteiger partial charge >= 0.3 is 0 Å². The lowest BCUT2D eigenvalue weighted by molar-refractivity contribution is -0.126. The Kier molecular flexibility index (Phi) is 5.63. The maximum absolute atomic E-state index is 12.3. The summed E-state index contributed by atoms with van der Waals surface area (Å²) in [6.45, 7) is 8.25. The van der Waals surface area contributed by atoms with Crippen molar-refractivity contribution in [2.24, 2.45) is 5.92 Å². The molecule has 0 aliphatic carbocycles. The number of nitrogens with one attached hydrogen (secondary N) is 1. The number of carbonyl (C=O) groups excluding carboxylic acids is 1. The van der Waals surface area contributed by atoms with Gasteiger partial charge in [-0.25, -0.2) is 4.98 Å². The average Bonchev–Trinajstić information content (AvgIpc) is 3.16. The number of amides is 1. The number of rotatable bonds is 6. The standard InChI is InChI=1S/C17H25N5OS/c1-13-9-19-22(10-13)8-5-18-17(23)15-3-6-21(7-4-15)11-16-12-24-14(2)20-16/h9-10,12,15H,3-8,11H2,1-2H3,(H,18,23). The number of thiazole rings is 1. The van der Waals surface area contributed by atoms with Gasteiger partial charge in [0.25, 0.3) is 0 Å². The Bertz CT molecular complexity index is 672. The summed E-state index contributed by atoms with van der Waals surface area (Å²) in [6, 6.07) is 0. The molecule has 2 aromatic heterocycles. The van der Waals surface area contributed by atoms with Crippen molar-refractivity contribution in [1.29, 1.82) is 0 Å². The van der Waals surface area contributed by atoms with E-state index in [9.17, 15) is 4.79 Å². The first-order valence-corrected chi connectivity index (χ1v) is 9.38. The van der Waals surface area contributed by atoms with Gasteiger partial charge in [0.15, 0.2) is 0 Å². The summed E-state index contributed by atoms with van der Waals surface area (Å²) in [5.41, 5.74) is 2.29. The van der Waals surface area contributed by atoms with Crippen molar-refractivity contribution in [3.05, 3.63) is 34.0 Å². The molecule has 3 rings (SSSR count). The average molecular weight is 347 g/mol. The maximum atomic E-state index is 12.3. The van der Waals surface area contributed by atoms with Crippen LogP contribution in [0.1, 0.15) is 29.1 Å². The minimum atomic E-state index is 0.137. The highest BCUT2D eigenvalue weighted by molar-refractivity contribution is 7.09. The molecule has 3 heterocycles. The van der Waals surface area contributed by atoms with Gasteiger partial charge in [0.1, 0.15) is 0 Å². The van der Waals surface area contributed by atoms with Gasteiger partial charge in [-0.3, -0.25) is 14.4 Å². The zero-order valence-corrected chi connectivity index (χ0v) is 15.2. The number of aromatic nitrogens is 3. The molecule has 1 aliphatic heterocycles. The van der Waals surface area contributed by atoms with E-state index in [2.05, 4.69) is 25.7 Å². The van der Waals surface area contributed by atoms with Crippen molar-refractivity contribution in [3.8, 4) is 0 Å². The molecule has 130 valence electrons. The smallest absolute Gasteiger partial charge is 0.223 e. The monoisotopic (exact) mass is 347 g/mol. The lowest BCUT2D eigenvalue weighted by Crippen LogP contribution is -2.41. The second-order valence-electron chi connectivity index (χ2n) is 6.48. The molecule has 0 aromatic carbocycles. The van der Waals surface area contributed by atoms with E-state index < -0.39 is 0 Å². The number of piperidine rings is 1. The summed E-state index contributed by atoms with van der Waals surface area (Å²) in [6.07, 6.45) is 5.68. The van der Waals surface area contributed by atoms with Crippen LogP contribution in [0.3, 0.4) is 0 Å². The third-order valence-corrected chi connectivity index (χ3v) is 5.24. The highest BCUT2D eigenvalue weighted by atomic mass is 32.1. The van der Waals surface area contributed by atoms with Gasteiger partial charge in [-0.15, -0.1) is 11.3 Å². The topological polar surface area (TPSA) is 63.1 Å². The quantitative estimate of drug-likeness (QED) is 0.868. The Hall–Kier alpha value is -1.73. The van der Waals surface area contributed by atoms with Crippen LogP contribution < -0.4 is 5.32 Å². The predicted octanol–water partition coefficient (Wildman–Crippen LogP) is 1.98. The summed E-state index contributed by atoms with van der Waals surface area (Å²) in [5, 5.41) is 10.5. The first kappa shape index (κ1) is 17.1.